The summed E-state index contributed by atoms with van der Waals surface area (Å²) < 4.78 is 21.1. The Morgan fingerprint density at radius 1 is 1.42 bits per heavy atom. The van der Waals surface area contributed by atoms with Crippen LogP contribution in [0.15, 0.2) is 30.6 Å². The van der Waals surface area contributed by atoms with E-state index in [2.05, 4.69) is 17.3 Å². The quantitative estimate of drug-likeness (QED) is 0.814. The van der Waals surface area contributed by atoms with Crippen molar-refractivity contribution in [3.05, 3.63) is 42.0 Å². The lowest BCUT2D eigenvalue weighted by atomic mass is 10.2. The van der Waals surface area contributed by atoms with Gasteiger partial charge in [-0.05, 0) is 19.0 Å². The molecule has 0 aliphatic carbocycles. The number of aromatic nitrogens is 2. The number of nitrogens with one attached hydrogen (secondary N) is 1. The van der Waals surface area contributed by atoms with E-state index in [0.717, 1.165) is 18.5 Å². The van der Waals surface area contributed by atoms with Gasteiger partial charge in [0.25, 0.3) is 0 Å². The number of ether oxygens (including phenoxy) is 1. The number of halogens is 1. The molecule has 0 saturated heterocycles. The molecule has 0 aliphatic rings. The van der Waals surface area contributed by atoms with E-state index in [1.165, 1.54) is 6.07 Å². The lowest BCUT2D eigenvalue weighted by Gasteiger charge is -2.11. The maximum atomic E-state index is 13.9. The maximum Gasteiger partial charge on any atom is 0.167 e. The van der Waals surface area contributed by atoms with Gasteiger partial charge in [-0.25, -0.2) is 4.39 Å². The van der Waals surface area contributed by atoms with Gasteiger partial charge in [-0.15, -0.1) is 0 Å². The highest BCUT2D eigenvalue weighted by molar-refractivity contribution is 5.38. The summed E-state index contributed by atoms with van der Waals surface area (Å²) in [6, 6.07) is 4.95. The Kier molecular flexibility index (Phi) is 4.52. The number of para-hydroxylation sites is 1. The Balaban J connectivity index is 2.17. The number of nitrogens with zero attached hydrogens (tertiary/aromatic N) is 2. The van der Waals surface area contributed by atoms with Crippen LogP contribution in [0.2, 0.25) is 0 Å². The SMILES string of the molecule is CCCNCc1cccc(F)c1Oc1cnn(C)c1. The molecule has 0 amide bonds. The Morgan fingerprint density at radius 2 is 2.26 bits per heavy atom. The summed E-state index contributed by atoms with van der Waals surface area (Å²) >= 11 is 0. The Bertz CT molecular complexity index is 539. The molecule has 2 rings (SSSR count). The summed E-state index contributed by atoms with van der Waals surface area (Å²) in [4.78, 5) is 0. The molecule has 19 heavy (non-hydrogen) atoms. The third kappa shape index (κ3) is 3.54. The van der Waals surface area contributed by atoms with E-state index >= 15 is 0 Å². The van der Waals surface area contributed by atoms with Crippen molar-refractivity contribution < 1.29 is 9.13 Å². The van der Waals surface area contributed by atoms with Gasteiger partial charge in [0.1, 0.15) is 0 Å². The summed E-state index contributed by atoms with van der Waals surface area (Å²) in [5, 5.41) is 7.24. The van der Waals surface area contributed by atoms with Gasteiger partial charge in [-0.3, -0.25) is 4.68 Å². The number of hydrogen-bond acceptors (Lipinski definition) is 3. The zero-order valence-corrected chi connectivity index (χ0v) is 11.2. The molecule has 0 aliphatic heterocycles. The molecular formula is C14H18FN3O. The molecule has 0 bridgehead atoms. The van der Waals surface area contributed by atoms with E-state index in [-0.39, 0.29) is 11.6 Å². The molecule has 0 atom stereocenters. The van der Waals surface area contributed by atoms with Crippen LogP contribution in [-0.4, -0.2) is 16.3 Å². The van der Waals surface area contributed by atoms with Gasteiger partial charge in [0.05, 0.1) is 12.4 Å². The molecule has 0 unspecified atom stereocenters. The fraction of sp³-hybridized carbons (Fsp3) is 0.357. The van der Waals surface area contributed by atoms with Crippen molar-refractivity contribution in [1.29, 1.82) is 0 Å². The monoisotopic (exact) mass is 263 g/mol. The molecule has 1 aromatic heterocycles. The fourth-order valence-electron chi connectivity index (χ4n) is 1.78. The molecular weight excluding hydrogens is 245 g/mol. The van der Waals surface area contributed by atoms with Crippen LogP contribution < -0.4 is 10.1 Å². The van der Waals surface area contributed by atoms with Gasteiger partial charge >= 0.3 is 0 Å². The molecule has 102 valence electrons. The van der Waals surface area contributed by atoms with Crippen LogP contribution in [0.3, 0.4) is 0 Å². The van der Waals surface area contributed by atoms with E-state index in [9.17, 15) is 4.39 Å². The molecule has 1 aromatic carbocycles. The van der Waals surface area contributed by atoms with Gasteiger partial charge in [-0.2, -0.15) is 5.10 Å². The molecule has 0 radical (unpaired) electrons. The van der Waals surface area contributed by atoms with Crippen molar-refractivity contribution >= 4 is 0 Å². The van der Waals surface area contributed by atoms with Crippen LogP contribution in [0, 0.1) is 5.82 Å². The van der Waals surface area contributed by atoms with Crippen molar-refractivity contribution in [2.75, 3.05) is 6.54 Å². The third-order valence-corrected chi connectivity index (χ3v) is 2.69. The first-order chi connectivity index (χ1) is 9.20. The molecule has 0 saturated carbocycles. The smallest absolute Gasteiger partial charge is 0.167 e. The van der Waals surface area contributed by atoms with E-state index in [0.29, 0.717) is 12.3 Å². The average molecular weight is 263 g/mol. The number of benzene rings is 1. The second kappa shape index (κ2) is 6.33. The summed E-state index contributed by atoms with van der Waals surface area (Å²) in [5.74, 6) is 0.433. The first kappa shape index (κ1) is 13.5. The fourth-order valence-corrected chi connectivity index (χ4v) is 1.78. The summed E-state index contributed by atoms with van der Waals surface area (Å²) in [6.07, 6.45) is 4.31. The van der Waals surface area contributed by atoms with E-state index in [4.69, 9.17) is 4.74 Å². The largest absolute Gasteiger partial charge is 0.451 e. The summed E-state index contributed by atoms with van der Waals surface area (Å²) in [6.45, 7) is 3.57. The number of aryl methyl sites for hydroxylation is 1. The lowest BCUT2D eigenvalue weighted by Crippen LogP contribution is -2.14. The van der Waals surface area contributed by atoms with E-state index in [1.54, 1.807) is 30.2 Å². The number of rotatable bonds is 6. The highest BCUT2D eigenvalue weighted by Gasteiger charge is 2.11. The highest BCUT2D eigenvalue weighted by Crippen LogP contribution is 2.28. The second-order valence-corrected chi connectivity index (χ2v) is 4.36. The maximum absolute atomic E-state index is 13.9. The molecule has 0 fully saturated rings. The normalized spacial score (nSPS) is 10.7. The lowest BCUT2D eigenvalue weighted by molar-refractivity contribution is 0.433. The average Bonchev–Trinajstić information content (AvgIpc) is 2.79. The Hall–Kier alpha value is -1.88. The van der Waals surface area contributed by atoms with Crippen LogP contribution in [-0.2, 0) is 13.6 Å². The molecule has 1 heterocycles. The Morgan fingerprint density at radius 3 is 2.95 bits per heavy atom. The minimum atomic E-state index is -0.361. The minimum absolute atomic E-state index is 0.263. The number of hydrogen-bond donors (Lipinski definition) is 1. The zero-order valence-electron chi connectivity index (χ0n) is 11.2. The van der Waals surface area contributed by atoms with Crippen LogP contribution in [0.1, 0.15) is 18.9 Å². The van der Waals surface area contributed by atoms with E-state index < -0.39 is 0 Å². The standard InChI is InChI=1S/C14H18FN3O/c1-3-7-16-8-11-5-4-6-13(15)14(11)19-12-9-17-18(2)10-12/h4-6,9-10,16H,3,7-8H2,1-2H3. The van der Waals surface area contributed by atoms with Crippen molar-refractivity contribution in [3.63, 3.8) is 0 Å². The predicted octanol–water partition coefficient (Wildman–Crippen LogP) is 2.85. The highest BCUT2D eigenvalue weighted by atomic mass is 19.1. The summed E-state index contributed by atoms with van der Waals surface area (Å²) in [5.41, 5.74) is 0.803. The van der Waals surface area contributed by atoms with Crippen LogP contribution in [0.4, 0.5) is 4.39 Å². The first-order valence-electron chi connectivity index (χ1n) is 6.35. The predicted molar refractivity (Wildman–Crippen MR) is 71.7 cm³/mol. The molecule has 0 spiro atoms. The summed E-state index contributed by atoms with van der Waals surface area (Å²) in [7, 11) is 1.79. The van der Waals surface area contributed by atoms with Crippen molar-refractivity contribution in [2.45, 2.75) is 19.9 Å². The third-order valence-electron chi connectivity index (χ3n) is 2.69. The van der Waals surface area contributed by atoms with Gasteiger partial charge in [0.2, 0.25) is 0 Å². The van der Waals surface area contributed by atoms with Crippen LogP contribution in [0.25, 0.3) is 0 Å². The van der Waals surface area contributed by atoms with Crippen LogP contribution in [0.5, 0.6) is 11.5 Å². The molecule has 5 heteroatoms. The van der Waals surface area contributed by atoms with Crippen molar-refractivity contribution in [1.82, 2.24) is 15.1 Å². The molecule has 4 nitrogen and oxygen atoms in total. The van der Waals surface area contributed by atoms with Crippen LogP contribution >= 0.6 is 0 Å². The second-order valence-electron chi connectivity index (χ2n) is 4.36. The van der Waals surface area contributed by atoms with Gasteiger partial charge < -0.3 is 10.1 Å². The van der Waals surface area contributed by atoms with Crippen molar-refractivity contribution in [2.24, 2.45) is 7.05 Å². The molecule has 1 N–H and O–H groups in total. The van der Waals surface area contributed by atoms with Crippen molar-refractivity contribution in [3.8, 4) is 11.5 Å². The van der Waals surface area contributed by atoms with E-state index in [1.807, 2.05) is 6.07 Å². The van der Waals surface area contributed by atoms with Gasteiger partial charge in [0.15, 0.2) is 17.3 Å². The van der Waals surface area contributed by atoms with Gasteiger partial charge in [0, 0.05) is 19.2 Å². The zero-order chi connectivity index (χ0) is 13.7. The Labute approximate surface area is 112 Å². The van der Waals surface area contributed by atoms with Gasteiger partial charge in [-0.1, -0.05) is 19.1 Å². The molecule has 2 aromatic rings. The topological polar surface area (TPSA) is 39.1 Å². The minimum Gasteiger partial charge on any atom is -0.451 e. The first-order valence-corrected chi connectivity index (χ1v) is 6.35.